The van der Waals surface area contributed by atoms with Crippen LogP contribution in [0, 0.1) is 5.92 Å². The molecule has 2 fully saturated rings. The van der Waals surface area contributed by atoms with Gasteiger partial charge >= 0.3 is 0 Å². The Morgan fingerprint density at radius 2 is 1.82 bits per heavy atom. The number of anilines is 2. The van der Waals surface area contributed by atoms with Gasteiger partial charge in [0.2, 0.25) is 11.9 Å². The van der Waals surface area contributed by atoms with Crippen molar-refractivity contribution in [2.24, 2.45) is 13.0 Å². The average Bonchev–Trinajstić information content (AvgIpc) is 2.76. The lowest BCUT2D eigenvalue weighted by Crippen LogP contribution is -2.53. The zero-order valence-corrected chi connectivity index (χ0v) is 16.1. The second-order valence-corrected chi connectivity index (χ2v) is 7.32. The van der Waals surface area contributed by atoms with Gasteiger partial charge in [0.25, 0.3) is 5.56 Å². The summed E-state index contributed by atoms with van der Waals surface area (Å²) in [7, 11) is 1.63. The van der Waals surface area contributed by atoms with Gasteiger partial charge in [-0.2, -0.15) is 5.10 Å². The minimum atomic E-state index is -0.134. The Bertz CT molecular complexity index is 877. The van der Waals surface area contributed by atoms with Crippen molar-refractivity contribution in [3.8, 4) is 0 Å². The van der Waals surface area contributed by atoms with Crippen LogP contribution >= 0.6 is 0 Å². The van der Waals surface area contributed by atoms with Crippen molar-refractivity contribution in [2.45, 2.75) is 12.8 Å². The third-order valence-corrected chi connectivity index (χ3v) is 5.52. The first-order valence-electron chi connectivity index (χ1n) is 9.71. The van der Waals surface area contributed by atoms with E-state index in [-0.39, 0.29) is 17.4 Å². The molecule has 4 heterocycles. The number of carbonyl (C=O) groups is 1. The van der Waals surface area contributed by atoms with E-state index in [4.69, 9.17) is 0 Å². The quantitative estimate of drug-likeness (QED) is 0.745. The van der Waals surface area contributed by atoms with Gasteiger partial charge in [-0.25, -0.2) is 14.6 Å². The first-order chi connectivity index (χ1) is 13.6. The number of carbonyl (C=O) groups excluding carboxylic acids is 1. The summed E-state index contributed by atoms with van der Waals surface area (Å²) in [6, 6.07) is 3.40. The van der Waals surface area contributed by atoms with Crippen LogP contribution in [0.15, 0.2) is 35.5 Å². The van der Waals surface area contributed by atoms with E-state index in [2.05, 4.69) is 24.9 Å². The van der Waals surface area contributed by atoms with Crippen molar-refractivity contribution in [2.75, 3.05) is 49.1 Å². The molecule has 2 saturated heterocycles. The molecule has 9 heteroatoms. The maximum Gasteiger partial charge on any atom is 0.268 e. The van der Waals surface area contributed by atoms with Gasteiger partial charge in [-0.3, -0.25) is 9.59 Å². The molecular formula is C19H25N7O2. The second kappa shape index (κ2) is 7.95. The van der Waals surface area contributed by atoms with Gasteiger partial charge in [0, 0.05) is 64.8 Å². The van der Waals surface area contributed by atoms with E-state index in [0.29, 0.717) is 19.6 Å². The molecule has 1 atom stereocenters. The van der Waals surface area contributed by atoms with E-state index in [1.54, 1.807) is 37.8 Å². The van der Waals surface area contributed by atoms with E-state index in [0.717, 1.165) is 44.1 Å². The van der Waals surface area contributed by atoms with Crippen LogP contribution in [0.25, 0.3) is 0 Å². The molecule has 0 unspecified atom stereocenters. The molecule has 0 radical (unpaired) electrons. The fourth-order valence-electron chi connectivity index (χ4n) is 3.89. The van der Waals surface area contributed by atoms with Crippen molar-refractivity contribution in [1.29, 1.82) is 0 Å². The van der Waals surface area contributed by atoms with Gasteiger partial charge in [-0.1, -0.05) is 0 Å². The molecule has 0 aromatic carbocycles. The van der Waals surface area contributed by atoms with Gasteiger partial charge in [0.05, 0.1) is 17.8 Å². The summed E-state index contributed by atoms with van der Waals surface area (Å²) in [5, 5.41) is 4.10. The predicted octanol–water partition coefficient (Wildman–Crippen LogP) is 0.136. The molecule has 0 aliphatic carbocycles. The van der Waals surface area contributed by atoms with Gasteiger partial charge in [-0.15, -0.1) is 0 Å². The van der Waals surface area contributed by atoms with E-state index >= 15 is 0 Å². The van der Waals surface area contributed by atoms with Gasteiger partial charge < -0.3 is 14.7 Å². The number of aryl methyl sites for hydroxylation is 1. The summed E-state index contributed by atoms with van der Waals surface area (Å²) in [6.45, 7) is 4.32. The number of piperidine rings is 1. The third-order valence-electron chi connectivity index (χ3n) is 5.52. The highest BCUT2D eigenvalue weighted by Crippen LogP contribution is 2.24. The first kappa shape index (κ1) is 18.4. The Kier molecular flexibility index (Phi) is 5.23. The first-order valence-corrected chi connectivity index (χ1v) is 9.71. The molecule has 148 valence electrons. The van der Waals surface area contributed by atoms with Crippen LogP contribution < -0.4 is 15.4 Å². The number of hydrogen-bond donors (Lipinski definition) is 0. The second-order valence-electron chi connectivity index (χ2n) is 7.32. The SMILES string of the molecule is Cn1ncc(N2CCC[C@@H](C(=O)N3CCN(c4ncccn4)CC3)C2)cc1=O. The van der Waals surface area contributed by atoms with E-state index < -0.39 is 0 Å². The summed E-state index contributed by atoms with van der Waals surface area (Å²) >= 11 is 0. The zero-order valence-electron chi connectivity index (χ0n) is 16.1. The minimum Gasteiger partial charge on any atom is -0.369 e. The maximum absolute atomic E-state index is 13.1. The normalized spacial score (nSPS) is 20.3. The number of nitrogens with zero attached hydrogens (tertiary/aromatic N) is 7. The standard InChI is InChI=1S/C19H25N7O2/c1-23-17(27)12-16(13-22-23)26-7-2-4-15(14-26)18(28)24-8-10-25(11-9-24)19-20-5-3-6-21-19/h3,5-6,12-13,15H,2,4,7-11,14H2,1H3/t15-/m1/s1. The topological polar surface area (TPSA) is 87.5 Å². The van der Waals surface area contributed by atoms with Crippen molar-refractivity contribution in [1.82, 2.24) is 24.6 Å². The van der Waals surface area contributed by atoms with Crippen LogP contribution in [0.3, 0.4) is 0 Å². The van der Waals surface area contributed by atoms with Gasteiger partial charge in [0.1, 0.15) is 0 Å². The van der Waals surface area contributed by atoms with Gasteiger partial charge in [-0.05, 0) is 18.9 Å². The van der Waals surface area contributed by atoms with E-state index in [1.807, 2.05) is 4.90 Å². The number of amides is 1. The van der Waals surface area contributed by atoms with Crippen LogP contribution in [0.4, 0.5) is 11.6 Å². The van der Waals surface area contributed by atoms with Crippen LogP contribution in [0.2, 0.25) is 0 Å². The number of piperazine rings is 1. The fourth-order valence-corrected chi connectivity index (χ4v) is 3.89. The lowest BCUT2D eigenvalue weighted by Gasteiger charge is -2.39. The predicted molar refractivity (Wildman–Crippen MR) is 105 cm³/mol. The lowest BCUT2D eigenvalue weighted by atomic mass is 9.96. The molecule has 1 amide bonds. The molecule has 2 aliphatic heterocycles. The lowest BCUT2D eigenvalue weighted by molar-refractivity contribution is -0.136. The Labute approximate surface area is 163 Å². The molecule has 2 aromatic rings. The minimum absolute atomic E-state index is 0.0441. The largest absolute Gasteiger partial charge is 0.369 e. The van der Waals surface area contributed by atoms with Crippen LogP contribution in [0.5, 0.6) is 0 Å². The highest BCUT2D eigenvalue weighted by atomic mass is 16.2. The molecule has 2 aromatic heterocycles. The average molecular weight is 383 g/mol. The van der Waals surface area contributed by atoms with E-state index in [9.17, 15) is 9.59 Å². The monoisotopic (exact) mass is 383 g/mol. The number of aromatic nitrogens is 4. The summed E-state index contributed by atoms with van der Waals surface area (Å²) in [4.78, 5) is 39.7. The molecule has 0 bridgehead atoms. The molecule has 4 rings (SSSR count). The summed E-state index contributed by atoms with van der Waals surface area (Å²) in [5.74, 6) is 0.879. The summed E-state index contributed by atoms with van der Waals surface area (Å²) in [5.41, 5.74) is 0.664. The fraction of sp³-hybridized carbons (Fsp3) is 0.526. The molecule has 0 spiro atoms. The summed E-state index contributed by atoms with van der Waals surface area (Å²) < 4.78 is 1.31. The highest BCUT2D eigenvalue weighted by Gasteiger charge is 2.31. The molecule has 0 saturated carbocycles. The van der Waals surface area contributed by atoms with Crippen LogP contribution in [-0.2, 0) is 11.8 Å². The van der Waals surface area contributed by atoms with Crippen molar-refractivity contribution in [3.63, 3.8) is 0 Å². The Morgan fingerprint density at radius 3 is 2.54 bits per heavy atom. The smallest absolute Gasteiger partial charge is 0.268 e. The molecular weight excluding hydrogens is 358 g/mol. The molecule has 2 aliphatic rings. The number of hydrogen-bond acceptors (Lipinski definition) is 7. The zero-order chi connectivity index (χ0) is 19.5. The number of rotatable bonds is 3. The van der Waals surface area contributed by atoms with Crippen molar-refractivity contribution in [3.05, 3.63) is 41.1 Å². The van der Waals surface area contributed by atoms with Crippen LogP contribution in [0.1, 0.15) is 12.8 Å². The third kappa shape index (κ3) is 3.83. The maximum atomic E-state index is 13.1. The Hall–Kier alpha value is -2.97. The Morgan fingerprint density at radius 1 is 1.07 bits per heavy atom. The molecule has 0 N–H and O–H groups in total. The van der Waals surface area contributed by atoms with Crippen LogP contribution in [-0.4, -0.2) is 69.8 Å². The van der Waals surface area contributed by atoms with E-state index in [1.165, 1.54) is 4.68 Å². The highest BCUT2D eigenvalue weighted by molar-refractivity contribution is 5.80. The van der Waals surface area contributed by atoms with Crippen molar-refractivity contribution < 1.29 is 4.79 Å². The molecule has 9 nitrogen and oxygen atoms in total. The molecule has 28 heavy (non-hydrogen) atoms. The van der Waals surface area contributed by atoms with Crippen molar-refractivity contribution >= 4 is 17.5 Å². The summed E-state index contributed by atoms with van der Waals surface area (Å²) in [6.07, 6.45) is 7.00. The van der Waals surface area contributed by atoms with Gasteiger partial charge in [0.15, 0.2) is 0 Å². The Balaban J connectivity index is 1.37.